The first kappa shape index (κ1) is 43.2. The highest BCUT2D eigenvalue weighted by molar-refractivity contribution is 6.21. The summed E-state index contributed by atoms with van der Waals surface area (Å²) >= 11 is 0. The van der Waals surface area contributed by atoms with Gasteiger partial charge in [0.15, 0.2) is 11.2 Å². The van der Waals surface area contributed by atoms with Gasteiger partial charge in [-0.3, -0.25) is 0 Å². The van der Waals surface area contributed by atoms with Gasteiger partial charge in [0.05, 0.1) is 0 Å². The van der Waals surface area contributed by atoms with Gasteiger partial charge in [-0.05, 0) is 176 Å². The Bertz CT molecular complexity index is 3880. The van der Waals surface area contributed by atoms with E-state index in [0.29, 0.717) is 11.8 Å². The smallest absolute Gasteiger partial charge is 0.178 e. The molecule has 4 nitrogen and oxygen atoms in total. The Morgan fingerprint density at radius 3 is 1.06 bits per heavy atom. The summed E-state index contributed by atoms with van der Waals surface area (Å²) in [5.41, 5.74) is 17.1. The first-order chi connectivity index (χ1) is 35.3. The maximum Gasteiger partial charge on any atom is 0.178 e. The van der Waals surface area contributed by atoms with Crippen LogP contribution in [0.3, 0.4) is 0 Å². The molecular weight excluding hydrogens is 877 g/mol. The van der Waals surface area contributed by atoms with E-state index in [9.17, 15) is 0 Å². The topological polar surface area (TPSA) is 32.8 Å². The molecule has 0 bridgehead atoms. The fourth-order valence-corrected chi connectivity index (χ4v) is 10.6. The summed E-state index contributed by atoms with van der Waals surface area (Å²) < 4.78 is 13.7. The van der Waals surface area contributed by atoms with Gasteiger partial charge in [-0.1, -0.05) is 149 Å². The monoisotopic (exact) mass is 928 g/mol. The Balaban J connectivity index is 0.901. The van der Waals surface area contributed by atoms with Crippen LogP contribution in [-0.4, -0.2) is 0 Å². The number of fused-ring (bicyclic) bond motifs is 9. The molecule has 0 aliphatic carbocycles. The summed E-state index contributed by atoms with van der Waals surface area (Å²) in [4.78, 5) is 4.71. The lowest BCUT2D eigenvalue weighted by atomic mass is 10.0. The Morgan fingerprint density at radius 2 is 0.653 bits per heavy atom. The summed E-state index contributed by atoms with van der Waals surface area (Å²) in [7, 11) is 0. The third-order valence-electron chi connectivity index (χ3n) is 14.5. The maximum atomic E-state index is 6.87. The van der Waals surface area contributed by atoms with Crippen molar-refractivity contribution in [1.82, 2.24) is 0 Å². The molecule has 72 heavy (non-hydrogen) atoms. The Labute approximate surface area is 419 Å². The molecule has 0 saturated heterocycles. The minimum atomic E-state index is 0.444. The van der Waals surface area contributed by atoms with Crippen LogP contribution in [0.1, 0.15) is 50.7 Å². The van der Waals surface area contributed by atoms with Crippen molar-refractivity contribution in [3.8, 4) is 22.3 Å². The van der Waals surface area contributed by atoms with Crippen LogP contribution in [0.4, 0.5) is 34.1 Å². The molecule has 13 aromatic rings. The number of benzene rings is 11. The summed E-state index contributed by atoms with van der Waals surface area (Å²) in [6.45, 7) is 8.96. The van der Waals surface area contributed by atoms with Crippen LogP contribution >= 0.6 is 0 Å². The standard InChI is InChI=1S/C68H52N2O2/c1-43(2)45-21-27-55(28-22-45)69(57-19-11-17-49(35-57)47-13-7-5-8-14-47)59-31-25-51-39-63-61-33-34-62-64-40-52-26-32-60(38-54(52)42-66(64)72-68(62)67(61)71-65(63)41-53(51)37-59)70(56-29-23-46(24-30-56)44(3)4)58-20-12-18-50(36-58)48-15-9-6-10-16-48/h5-44H,1-4H3. The van der Waals surface area contributed by atoms with Gasteiger partial charge in [-0.15, -0.1) is 0 Å². The Hall–Kier alpha value is -8.86. The maximum absolute atomic E-state index is 6.87. The quantitative estimate of drug-likeness (QED) is 0.137. The van der Waals surface area contributed by atoms with Crippen molar-refractivity contribution in [2.75, 3.05) is 9.80 Å². The average Bonchev–Trinajstić information content (AvgIpc) is 3.98. The molecule has 0 N–H and O–H groups in total. The van der Waals surface area contributed by atoms with Gasteiger partial charge >= 0.3 is 0 Å². The van der Waals surface area contributed by atoms with Gasteiger partial charge in [0.2, 0.25) is 0 Å². The minimum Gasteiger partial charge on any atom is -0.452 e. The minimum absolute atomic E-state index is 0.444. The van der Waals surface area contributed by atoms with Crippen molar-refractivity contribution in [2.24, 2.45) is 0 Å². The van der Waals surface area contributed by atoms with E-state index in [0.717, 1.165) is 99.5 Å². The number of rotatable bonds is 10. The molecule has 2 aromatic heterocycles. The summed E-state index contributed by atoms with van der Waals surface area (Å²) in [6, 6.07) is 83.6. The molecule has 0 aliphatic heterocycles. The molecule has 0 radical (unpaired) electrons. The molecule has 0 fully saturated rings. The van der Waals surface area contributed by atoms with Gasteiger partial charge in [0.1, 0.15) is 11.2 Å². The van der Waals surface area contributed by atoms with Gasteiger partial charge in [-0.2, -0.15) is 0 Å². The van der Waals surface area contributed by atoms with E-state index < -0.39 is 0 Å². The van der Waals surface area contributed by atoms with E-state index in [-0.39, 0.29) is 0 Å². The predicted molar refractivity (Wildman–Crippen MR) is 304 cm³/mol. The number of nitrogens with zero attached hydrogens (tertiary/aromatic N) is 2. The van der Waals surface area contributed by atoms with Gasteiger partial charge in [0.25, 0.3) is 0 Å². The molecule has 11 aromatic carbocycles. The van der Waals surface area contributed by atoms with Crippen LogP contribution in [-0.2, 0) is 0 Å². The van der Waals surface area contributed by atoms with E-state index >= 15 is 0 Å². The highest BCUT2D eigenvalue weighted by Gasteiger charge is 2.21. The Kier molecular flexibility index (Phi) is 10.5. The molecule has 0 aliphatic rings. The average molecular weight is 929 g/mol. The molecular formula is C68H52N2O2. The molecule has 0 unspecified atom stereocenters. The number of hydrogen-bond acceptors (Lipinski definition) is 4. The van der Waals surface area contributed by atoms with E-state index in [1.807, 2.05) is 0 Å². The van der Waals surface area contributed by atoms with Crippen LogP contribution in [0.5, 0.6) is 0 Å². The first-order valence-electron chi connectivity index (χ1n) is 25.1. The second-order valence-corrected chi connectivity index (χ2v) is 19.8. The lowest BCUT2D eigenvalue weighted by Gasteiger charge is -2.27. The molecule has 0 saturated carbocycles. The zero-order valence-electron chi connectivity index (χ0n) is 40.8. The highest BCUT2D eigenvalue weighted by atomic mass is 16.4. The van der Waals surface area contributed by atoms with Crippen molar-refractivity contribution in [2.45, 2.75) is 39.5 Å². The van der Waals surface area contributed by atoms with Crippen LogP contribution < -0.4 is 9.80 Å². The van der Waals surface area contributed by atoms with Crippen LogP contribution in [0.2, 0.25) is 0 Å². The molecule has 2 heterocycles. The lowest BCUT2D eigenvalue weighted by molar-refractivity contribution is 0.634. The second-order valence-electron chi connectivity index (χ2n) is 19.8. The van der Waals surface area contributed by atoms with Crippen LogP contribution in [0.25, 0.3) is 87.7 Å². The molecule has 0 atom stereocenters. The largest absolute Gasteiger partial charge is 0.452 e. The fourth-order valence-electron chi connectivity index (χ4n) is 10.6. The SMILES string of the molecule is CC(C)c1ccc(N(c2cccc(-c3ccccc3)c2)c2ccc3cc4c(cc3c2)oc2c4ccc3c4cc5ccc(N(c6ccc(C(C)C)cc6)c6cccc(-c7ccccc7)c6)cc5cc4oc32)cc1. The van der Waals surface area contributed by atoms with E-state index in [1.165, 1.54) is 33.4 Å². The first-order valence-corrected chi connectivity index (χ1v) is 25.1. The predicted octanol–water partition coefficient (Wildman–Crippen LogP) is 20.3. The highest BCUT2D eigenvalue weighted by Crippen LogP contribution is 2.45. The third-order valence-corrected chi connectivity index (χ3v) is 14.5. The number of furan rings is 2. The Morgan fingerprint density at radius 1 is 0.278 bits per heavy atom. The zero-order valence-corrected chi connectivity index (χ0v) is 40.8. The van der Waals surface area contributed by atoms with Gasteiger partial charge in [0, 0.05) is 55.7 Å². The van der Waals surface area contributed by atoms with E-state index in [1.54, 1.807) is 0 Å². The molecule has 0 amide bonds. The number of anilines is 6. The van der Waals surface area contributed by atoms with Crippen LogP contribution in [0, 0.1) is 0 Å². The zero-order chi connectivity index (χ0) is 48.5. The van der Waals surface area contributed by atoms with E-state index in [4.69, 9.17) is 8.83 Å². The van der Waals surface area contributed by atoms with Gasteiger partial charge < -0.3 is 18.6 Å². The normalized spacial score (nSPS) is 11.9. The molecule has 0 spiro atoms. The van der Waals surface area contributed by atoms with Crippen molar-refractivity contribution in [1.29, 1.82) is 0 Å². The van der Waals surface area contributed by atoms with Crippen molar-refractivity contribution >= 4 is 99.5 Å². The third kappa shape index (κ3) is 7.64. The lowest BCUT2D eigenvalue weighted by Crippen LogP contribution is -2.10. The molecule has 13 rings (SSSR count). The molecule has 4 heteroatoms. The van der Waals surface area contributed by atoms with E-state index in [2.05, 4.69) is 268 Å². The van der Waals surface area contributed by atoms with Crippen LogP contribution in [0.15, 0.2) is 239 Å². The summed E-state index contributed by atoms with van der Waals surface area (Å²) in [6.07, 6.45) is 0. The summed E-state index contributed by atoms with van der Waals surface area (Å²) in [5, 5.41) is 8.69. The van der Waals surface area contributed by atoms with Crippen molar-refractivity contribution in [3.05, 3.63) is 242 Å². The van der Waals surface area contributed by atoms with Crippen molar-refractivity contribution < 1.29 is 8.83 Å². The molecule has 346 valence electrons. The van der Waals surface area contributed by atoms with Crippen molar-refractivity contribution in [3.63, 3.8) is 0 Å². The number of hydrogen-bond donors (Lipinski definition) is 0. The fraction of sp³-hybridized carbons (Fsp3) is 0.0882. The second kappa shape index (κ2) is 17.5. The summed E-state index contributed by atoms with van der Waals surface area (Å²) in [5.74, 6) is 0.889. The van der Waals surface area contributed by atoms with Gasteiger partial charge in [-0.25, -0.2) is 0 Å².